The van der Waals surface area contributed by atoms with Crippen LogP contribution in [0.2, 0.25) is 5.02 Å². The summed E-state index contributed by atoms with van der Waals surface area (Å²) >= 11 is 5.94. The van der Waals surface area contributed by atoms with Gasteiger partial charge in [-0.05, 0) is 36.1 Å². The molecular weight excluding hydrogens is 473 g/mol. The van der Waals surface area contributed by atoms with Crippen molar-refractivity contribution >= 4 is 41.5 Å². The summed E-state index contributed by atoms with van der Waals surface area (Å²) in [5, 5.41) is 7.65. The lowest BCUT2D eigenvalue weighted by atomic mass is 9.74. The number of hydrogen-bond acceptors (Lipinski definition) is 2. The second-order valence-electron chi connectivity index (χ2n) is 6.66. The van der Waals surface area contributed by atoms with Gasteiger partial charge in [0.1, 0.15) is 0 Å². The molecule has 1 saturated heterocycles. The van der Waals surface area contributed by atoms with Crippen molar-refractivity contribution < 1.29 is 4.74 Å². The highest BCUT2D eigenvalue weighted by Gasteiger charge is 2.34. The lowest BCUT2D eigenvalue weighted by Gasteiger charge is -2.38. The number of hydrogen-bond donors (Lipinski definition) is 2. The van der Waals surface area contributed by atoms with Crippen molar-refractivity contribution in [1.29, 1.82) is 0 Å². The number of nitrogens with one attached hydrogen (secondary N) is 2. The number of halogens is 2. The third-order valence-corrected chi connectivity index (χ3v) is 5.28. The van der Waals surface area contributed by atoms with E-state index in [-0.39, 0.29) is 29.4 Å². The lowest BCUT2D eigenvalue weighted by molar-refractivity contribution is 0.0514. The summed E-state index contributed by atoms with van der Waals surface area (Å²) in [6.45, 7) is 3.14. The number of aliphatic imine (C=N–C) groups is 1. The van der Waals surface area contributed by atoms with Gasteiger partial charge in [-0.2, -0.15) is 0 Å². The summed E-state index contributed by atoms with van der Waals surface area (Å²) in [4.78, 5) is 4.37. The van der Waals surface area contributed by atoms with Crippen molar-refractivity contribution in [2.75, 3.05) is 26.8 Å². The monoisotopic (exact) mass is 499 g/mol. The molecule has 0 spiro atoms. The van der Waals surface area contributed by atoms with Crippen LogP contribution in [0.3, 0.4) is 0 Å². The first-order chi connectivity index (χ1) is 12.7. The van der Waals surface area contributed by atoms with Gasteiger partial charge in [0.2, 0.25) is 0 Å². The van der Waals surface area contributed by atoms with Crippen molar-refractivity contribution in [3.63, 3.8) is 0 Å². The molecule has 1 aliphatic heterocycles. The highest BCUT2D eigenvalue weighted by atomic mass is 127. The maximum absolute atomic E-state index is 5.94. The Morgan fingerprint density at radius 3 is 2.33 bits per heavy atom. The van der Waals surface area contributed by atoms with Crippen LogP contribution >= 0.6 is 35.6 Å². The minimum absolute atomic E-state index is 0. The van der Waals surface area contributed by atoms with Gasteiger partial charge >= 0.3 is 0 Å². The van der Waals surface area contributed by atoms with E-state index in [0.29, 0.717) is 6.54 Å². The van der Waals surface area contributed by atoms with Crippen LogP contribution in [0.25, 0.3) is 0 Å². The molecule has 0 aliphatic carbocycles. The standard InChI is InChI=1S/C21H26ClN3O.HI/c1-23-20(24-15-17-7-9-19(22)10-8-17)25-16-21(11-13-26-14-12-21)18-5-3-2-4-6-18;/h2-10H,11-16H2,1H3,(H2,23,24,25);1H. The van der Waals surface area contributed by atoms with Crippen molar-refractivity contribution in [3.8, 4) is 0 Å². The van der Waals surface area contributed by atoms with Crippen LogP contribution < -0.4 is 10.6 Å². The first-order valence-electron chi connectivity index (χ1n) is 9.04. The Balaban J connectivity index is 0.00000261. The van der Waals surface area contributed by atoms with Crippen LogP contribution in [0.4, 0.5) is 0 Å². The predicted octanol–water partition coefficient (Wildman–Crippen LogP) is 4.37. The van der Waals surface area contributed by atoms with Crippen LogP contribution in [-0.4, -0.2) is 32.8 Å². The van der Waals surface area contributed by atoms with E-state index in [9.17, 15) is 0 Å². The Morgan fingerprint density at radius 2 is 1.70 bits per heavy atom. The van der Waals surface area contributed by atoms with E-state index in [0.717, 1.165) is 43.6 Å². The first-order valence-corrected chi connectivity index (χ1v) is 9.42. The second-order valence-corrected chi connectivity index (χ2v) is 7.10. The van der Waals surface area contributed by atoms with Gasteiger partial charge in [0, 0.05) is 43.8 Å². The molecule has 2 aromatic rings. The summed E-state index contributed by atoms with van der Waals surface area (Å²) in [6.07, 6.45) is 2.02. The summed E-state index contributed by atoms with van der Waals surface area (Å²) in [7, 11) is 1.80. The van der Waals surface area contributed by atoms with Crippen LogP contribution in [0.1, 0.15) is 24.0 Å². The third kappa shape index (κ3) is 6.09. The zero-order chi connectivity index (χ0) is 18.2. The normalized spacial score (nSPS) is 16.3. The number of nitrogens with zero attached hydrogens (tertiary/aromatic N) is 1. The van der Waals surface area contributed by atoms with Crippen LogP contribution in [0.15, 0.2) is 59.6 Å². The summed E-state index contributed by atoms with van der Waals surface area (Å²) < 4.78 is 5.61. The highest BCUT2D eigenvalue weighted by molar-refractivity contribution is 14.0. The van der Waals surface area contributed by atoms with Crippen molar-refractivity contribution in [2.45, 2.75) is 24.8 Å². The Morgan fingerprint density at radius 1 is 1.04 bits per heavy atom. The maximum Gasteiger partial charge on any atom is 0.191 e. The van der Waals surface area contributed by atoms with Gasteiger partial charge in [-0.15, -0.1) is 24.0 Å². The molecule has 0 radical (unpaired) electrons. The molecular formula is C21H27ClIN3O. The average Bonchev–Trinajstić information content (AvgIpc) is 2.71. The molecule has 3 rings (SSSR count). The van der Waals surface area contributed by atoms with E-state index >= 15 is 0 Å². The molecule has 0 amide bonds. The molecule has 0 aromatic heterocycles. The molecule has 2 N–H and O–H groups in total. The molecule has 0 bridgehead atoms. The van der Waals surface area contributed by atoms with Gasteiger partial charge in [0.05, 0.1) is 0 Å². The molecule has 0 saturated carbocycles. The molecule has 0 unspecified atom stereocenters. The van der Waals surface area contributed by atoms with E-state index in [2.05, 4.69) is 46.0 Å². The molecule has 0 atom stereocenters. The Labute approximate surface area is 183 Å². The average molecular weight is 500 g/mol. The zero-order valence-corrected chi connectivity index (χ0v) is 18.7. The summed E-state index contributed by atoms with van der Waals surface area (Å²) in [5.41, 5.74) is 2.61. The van der Waals surface area contributed by atoms with Gasteiger partial charge < -0.3 is 15.4 Å². The zero-order valence-electron chi connectivity index (χ0n) is 15.6. The number of rotatable bonds is 5. The van der Waals surface area contributed by atoms with E-state index < -0.39 is 0 Å². The maximum atomic E-state index is 5.94. The largest absolute Gasteiger partial charge is 0.381 e. The summed E-state index contributed by atoms with van der Waals surface area (Å²) in [6, 6.07) is 18.6. The Bertz CT molecular complexity index is 716. The SMILES string of the molecule is CN=C(NCc1ccc(Cl)cc1)NCC1(c2ccccc2)CCOCC1.I. The van der Waals surface area contributed by atoms with E-state index in [1.54, 1.807) is 7.05 Å². The molecule has 1 heterocycles. The van der Waals surface area contributed by atoms with Gasteiger partial charge in [0.25, 0.3) is 0 Å². The molecule has 2 aromatic carbocycles. The fraction of sp³-hybridized carbons (Fsp3) is 0.381. The molecule has 4 nitrogen and oxygen atoms in total. The van der Waals surface area contributed by atoms with Crippen molar-refractivity contribution in [3.05, 3.63) is 70.7 Å². The topological polar surface area (TPSA) is 45.7 Å². The minimum Gasteiger partial charge on any atom is -0.381 e. The Kier molecular flexibility index (Phi) is 8.86. The highest BCUT2D eigenvalue weighted by Crippen LogP contribution is 2.34. The van der Waals surface area contributed by atoms with Crippen LogP contribution in [-0.2, 0) is 16.7 Å². The number of ether oxygens (including phenoxy) is 1. The Hall–Kier alpha value is -1.31. The second kappa shape index (κ2) is 10.9. The first kappa shape index (κ1) is 22.0. The fourth-order valence-electron chi connectivity index (χ4n) is 3.38. The minimum atomic E-state index is 0. The molecule has 146 valence electrons. The third-order valence-electron chi connectivity index (χ3n) is 5.03. The van der Waals surface area contributed by atoms with Crippen LogP contribution in [0, 0.1) is 0 Å². The van der Waals surface area contributed by atoms with E-state index in [4.69, 9.17) is 16.3 Å². The molecule has 1 fully saturated rings. The van der Waals surface area contributed by atoms with Crippen molar-refractivity contribution in [1.82, 2.24) is 10.6 Å². The smallest absolute Gasteiger partial charge is 0.191 e. The predicted molar refractivity (Wildman–Crippen MR) is 123 cm³/mol. The summed E-state index contributed by atoms with van der Waals surface area (Å²) in [5.74, 6) is 0.807. The molecule has 1 aliphatic rings. The van der Waals surface area contributed by atoms with Gasteiger partial charge in [0.15, 0.2) is 5.96 Å². The van der Waals surface area contributed by atoms with Crippen molar-refractivity contribution in [2.24, 2.45) is 4.99 Å². The fourth-order valence-corrected chi connectivity index (χ4v) is 3.51. The lowest BCUT2D eigenvalue weighted by Crippen LogP contribution is -2.47. The molecule has 27 heavy (non-hydrogen) atoms. The molecule has 6 heteroatoms. The van der Waals surface area contributed by atoms with Gasteiger partial charge in [-0.3, -0.25) is 4.99 Å². The van der Waals surface area contributed by atoms with E-state index in [1.807, 2.05) is 24.3 Å². The van der Waals surface area contributed by atoms with Crippen LogP contribution in [0.5, 0.6) is 0 Å². The number of benzene rings is 2. The van der Waals surface area contributed by atoms with Gasteiger partial charge in [-0.25, -0.2) is 0 Å². The van der Waals surface area contributed by atoms with Gasteiger partial charge in [-0.1, -0.05) is 54.1 Å². The van der Waals surface area contributed by atoms with E-state index in [1.165, 1.54) is 11.1 Å². The number of guanidine groups is 1. The quantitative estimate of drug-likeness (QED) is 0.365.